The lowest BCUT2D eigenvalue weighted by atomic mass is 9.78. The Morgan fingerprint density at radius 1 is 0.892 bits per heavy atom. The van der Waals surface area contributed by atoms with E-state index in [9.17, 15) is 5.11 Å². The Balaban J connectivity index is 1.24. The molecule has 1 spiro atoms. The van der Waals surface area contributed by atoms with Crippen LogP contribution in [0.3, 0.4) is 0 Å². The fourth-order valence-electron chi connectivity index (χ4n) is 5.65. The summed E-state index contributed by atoms with van der Waals surface area (Å²) in [5.74, 6) is 3.43. The van der Waals surface area contributed by atoms with Crippen LogP contribution >= 0.6 is 0 Å². The standard InChI is InChI=1S/C26H29N5O6/c1-33-20-7-15(8-21(34-2)22(20)32)18-5-6-19(37-18)23-27-24(30-9-16-3-4-17(10-30)36-16)29-25(28-23)31-11-26(12-31)13-35-14-26/h5-8,16-17,32H,3-4,9-14H2,1-2H3. The van der Waals surface area contributed by atoms with Gasteiger partial charge in [0.15, 0.2) is 17.3 Å². The molecule has 6 heterocycles. The first-order valence-electron chi connectivity index (χ1n) is 12.6. The Kier molecular flexibility index (Phi) is 5.19. The number of rotatable bonds is 6. The lowest BCUT2D eigenvalue weighted by Crippen LogP contribution is -2.66. The summed E-state index contributed by atoms with van der Waals surface area (Å²) in [5.41, 5.74) is 0.937. The highest BCUT2D eigenvalue weighted by molar-refractivity contribution is 5.69. The molecule has 11 heteroatoms. The fourth-order valence-corrected chi connectivity index (χ4v) is 5.65. The number of methoxy groups -OCH3 is 2. The van der Waals surface area contributed by atoms with Gasteiger partial charge in [-0.15, -0.1) is 0 Å². The fraction of sp³-hybridized carbons (Fsp3) is 0.500. The molecule has 0 saturated carbocycles. The quantitative estimate of drug-likeness (QED) is 0.531. The van der Waals surface area contributed by atoms with Gasteiger partial charge >= 0.3 is 0 Å². The van der Waals surface area contributed by atoms with Crippen LogP contribution < -0.4 is 19.3 Å². The van der Waals surface area contributed by atoms with E-state index in [0.717, 1.165) is 52.2 Å². The van der Waals surface area contributed by atoms with Crippen molar-refractivity contribution in [3.63, 3.8) is 0 Å². The smallest absolute Gasteiger partial charge is 0.231 e. The molecule has 194 valence electrons. The first-order chi connectivity index (χ1) is 18.0. The van der Waals surface area contributed by atoms with Crippen molar-refractivity contribution in [2.45, 2.75) is 25.0 Å². The van der Waals surface area contributed by atoms with Crippen LogP contribution in [0, 0.1) is 5.41 Å². The van der Waals surface area contributed by atoms with Crippen LogP contribution in [0.15, 0.2) is 28.7 Å². The number of nitrogens with zero attached hydrogens (tertiary/aromatic N) is 5. The van der Waals surface area contributed by atoms with Crippen molar-refractivity contribution in [1.29, 1.82) is 0 Å². The third-order valence-electron chi connectivity index (χ3n) is 7.68. The summed E-state index contributed by atoms with van der Waals surface area (Å²) in [4.78, 5) is 18.9. The molecule has 11 nitrogen and oxygen atoms in total. The van der Waals surface area contributed by atoms with E-state index in [-0.39, 0.29) is 23.4 Å². The van der Waals surface area contributed by atoms with E-state index < -0.39 is 0 Å². The van der Waals surface area contributed by atoms with Crippen molar-refractivity contribution in [1.82, 2.24) is 15.0 Å². The van der Waals surface area contributed by atoms with Crippen molar-refractivity contribution < 1.29 is 28.5 Å². The number of hydrogen-bond acceptors (Lipinski definition) is 11. The van der Waals surface area contributed by atoms with Gasteiger partial charge in [0.1, 0.15) is 5.76 Å². The van der Waals surface area contributed by atoms with E-state index in [1.165, 1.54) is 14.2 Å². The van der Waals surface area contributed by atoms with Crippen LogP contribution in [0.4, 0.5) is 11.9 Å². The van der Waals surface area contributed by atoms with E-state index in [1.807, 2.05) is 12.1 Å². The van der Waals surface area contributed by atoms with Crippen molar-refractivity contribution in [3.8, 4) is 40.2 Å². The number of aromatic nitrogens is 3. The highest BCUT2D eigenvalue weighted by Gasteiger charge is 2.50. The number of anilines is 2. The SMILES string of the molecule is COc1cc(-c2ccc(-c3nc(N4CC5CCC(C4)O5)nc(N4CC5(COC5)C4)n3)o2)cc(OC)c1O. The molecule has 2 unspecified atom stereocenters. The average Bonchev–Trinajstić information content (AvgIpc) is 3.48. The van der Waals surface area contributed by atoms with Crippen LogP contribution in [-0.2, 0) is 9.47 Å². The largest absolute Gasteiger partial charge is 0.502 e. The second-order valence-electron chi connectivity index (χ2n) is 10.4. The Labute approximate surface area is 213 Å². The van der Waals surface area contributed by atoms with E-state index in [4.69, 9.17) is 38.3 Å². The number of phenolic OH excluding ortho intramolecular Hbond substituents is 1. The monoisotopic (exact) mass is 507 g/mol. The highest BCUT2D eigenvalue weighted by atomic mass is 16.5. The summed E-state index contributed by atoms with van der Waals surface area (Å²) in [6.07, 6.45) is 2.58. The molecule has 0 aliphatic carbocycles. The van der Waals surface area contributed by atoms with Gasteiger partial charge in [0.05, 0.1) is 45.1 Å². The second kappa shape index (κ2) is 8.49. The summed E-state index contributed by atoms with van der Waals surface area (Å²) in [6, 6.07) is 7.11. The second-order valence-corrected chi connectivity index (χ2v) is 10.4. The Hall–Kier alpha value is -3.57. The molecule has 3 aromatic rings. The third kappa shape index (κ3) is 3.84. The number of furan rings is 1. The molecule has 4 aliphatic rings. The Morgan fingerprint density at radius 2 is 1.51 bits per heavy atom. The Morgan fingerprint density at radius 3 is 2.11 bits per heavy atom. The number of ether oxygens (including phenoxy) is 4. The van der Waals surface area contributed by atoms with Gasteiger partial charge in [-0.25, -0.2) is 0 Å². The number of fused-ring (bicyclic) bond motifs is 2. The normalized spacial score (nSPS) is 23.6. The summed E-state index contributed by atoms with van der Waals surface area (Å²) < 4.78 is 28.3. The predicted octanol–water partition coefficient (Wildman–Crippen LogP) is 2.73. The van der Waals surface area contributed by atoms with Crippen LogP contribution in [0.2, 0.25) is 0 Å². The van der Waals surface area contributed by atoms with Crippen molar-refractivity contribution in [3.05, 3.63) is 24.3 Å². The maximum absolute atomic E-state index is 10.3. The van der Waals surface area contributed by atoms with E-state index in [0.29, 0.717) is 46.3 Å². The molecule has 7 rings (SSSR count). The third-order valence-corrected chi connectivity index (χ3v) is 7.68. The number of aromatic hydroxyl groups is 1. The van der Waals surface area contributed by atoms with Gasteiger partial charge < -0.3 is 38.3 Å². The molecule has 4 saturated heterocycles. The van der Waals surface area contributed by atoms with Crippen molar-refractivity contribution in [2.75, 3.05) is 63.4 Å². The molecule has 2 atom stereocenters. The minimum Gasteiger partial charge on any atom is -0.502 e. The minimum absolute atomic E-state index is 0.0593. The Bertz CT molecular complexity index is 1300. The van der Waals surface area contributed by atoms with Gasteiger partial charge in [-0.05, 0) is 37.1 Å². The number of phenols is 1. The average molecular weight is 508 g/mol. The molecular formula is C26H29N5O6. The number of hydrogen-bond donors (Lipinski definition) is 1. The molecule has 0 radical (unpaired) electrons. The molecule has 4 fully saturated rings. The molecule has 4 aliphatic heterocycles. The zero-order valence-corrected chi connectivity index (χ0v) is 20.8. The van der Waals surface area contributed by atoms with Crippen LogP contribution in [0.25, 0.3) is 22.9 Å². The summed E-state index contributed by atoms with van der Waals surface area (Å²) >= 11 is 0. The maximum atomic E-state index is 10.3. The lowest BCUT2D eigenvalue weighted by Gasteiger charge is -2.54. The minimum atomic E-state index is -0.0593. The molecule has 0 amide bonds. The first-order valence-corrected chi connectivity index (χ1v) is 12.6. The van der Waals surface area contributed by atoms with Gasteiger partial charge in [0.25, 0.3) is 0 Å². The molecule has 37 heavy (non-hydrogen) atoms. The maximum Gasteiger partial charge on any atom is 0.231 e. The van der Waals surface area contributed by atoms with E-state index >= 15 is 0 Å². The van der Waals surface area contributed by atoms with Gasteiger partial charge in [-0.3, -0.25) is 0 Å². The predicted molar refractivity (Wildman–Crippen MR) is 133 cm³/mol. The number of morpholine rings is 1. The van der Waals surface area contributed by atoms with E-state index in [1.54, 1.807) is 12.1 Å². The number of benzene rings is 1. The van der Waals surface area contributed by atoms with E-state index in [2.05, 4.69) is 9.80 Å². The summed E-state index contributed by atoms with van der Waals surface area (Å²) in [7, 11) is 2.99. The van der Waals surface area contributed by atoms with Gasteiger partial charge in [0, 0.05) is 31.7 Å². The molecule has 2 aromatic heterocycles. The molecule has 2 bridgehead atoms. The van der Waals surface area contributed by atoms with Crippen molar-refractivity contribution >= 4 is 11.9 Å². The summed E-state index contributed by atoms with van der Waals surface area (Å²) in [5, 5.41) is 10.3. The zero-order valence-electron chi connectivity index (χ0n) is 20.8. The highest BCUT2D eigenvalue weighted by Crippen LogP contribution is 2.42. The molecule has 1 aromatic carbocycles. The van der Waals surface area contributed by atoms with Crippen LogP contribution in [-0.4, -0.2) is 85.9 Å². The van der Waals surface area contributed by atoms with Crippen LogP contribution in [0.1, 0.15) is 12.8 Å². The molecule has 1 N–H and O–H groups in total. The van der Waals surface area contributed by atoms with Crippen LogP contribution in [0.5, 0.6) is 17.2 Å². The topological polar surface area (TPSA) is 115 Å². The first kappa shape index (κ1) is 22.6. The van der Waals surface area contributed by atoms with Crippen molar-refractivity contribution in [2.24, 2.45) is 5.41 Å². The summed E-state index contributed by atoms with van der Waals surface area (Å²) in [6.45, 7) is 4.88. The lowest BCUT2D eigenvalue weighted by molar-refractivity contribution is -0.127. The zero-order chi connectivity index (χ0) is 25.1. The molecular weight excluding hydrogens is 478 g/mol. The van der Waals surface area contributed by atoms with Gasteiger partial charge in [0.2, 0.25) is 23.5 Å². The van der Waals surface area contributed by atoms with Gasteiger partial charge in [-0.1, -0.05) is 0 Å². The van der Waals surface area contributed by atoms with Gasteiger partial charge in [-0.2, -0.15) is 15.0 Å².